The van der Waals surface area contributed by atoms with Gasteiger partial charge in [0.25, 0.3) is 15.9 Å². The van der Waals surface area contributed by atoms with Gasteiger partial charge in [0.2, 0.25) is 5.88 Å². The first-order valence-corrected chi connectivity index (χ1v) is 12.7. The number of halogens is 2. The van der Waals surface area contributed by atoms with Crippen LogP contribution >= 0.6 is 23.2 Å². The highest BCUT2D eigenvalue weighted by Crippen LogP contribution is 2.39. The van der Waals surface area contributed by atoms with Crippen molar-refractivity contribution in [3.63, 3.8) is 0 Å². The van der Waals surface area contributed by atoms with Crippen molar-refractivity contribution in [1.82, 2.24) is 14.2 Å². The number of rotatable bonds is 9. The average Bonchev–Trinajstić information content (AvgIpc) is 2.97. The van der Waals surface area contributed by atoms with Crippen LogP contribution in [-0.4, -0.2) is 75.6 Å². The van der Waals surface area contributed by atoms with Gasteiger partial charge in [0, 0.05) is 12.6 Å². The van der Waals surface area contributed by atoms with E-state index in [0.29, 0.717) is 22.2 Å². The molecule has 190 valence electrons. The summed E-state index contributed by atoms with van der Waals surface area (Å²) in [5, 5.41) is -0.308. The summed E-state index contributed by atoms with van der Waals surface area (Å²) < 4.78 is 42.6. The molecule has 2 heterocycles. The van der Waals surface area contributed by atoms with Crippen molar-refractivity contribution in [2.45, 2.75) is 24.7 Å². The second-order valence-corrected chi connectivity index (χ2v) is 10.8. The molecule has 10 nitrogen and oxygen atoms in total. The molecular formula is C22H25Cl2N3O7S. The summed E-state index contributed by atoms with van der Waals surface area (Å²) >= 11 is 12.4. The van der Waals surface area contributed by atoms with Gasteiger partial charge in [0.15, 0.2) is 6.73 Å². The number of hydrogen-bond acceptors (Lipinski definition) is 9. The molecule has 0 fully saturated rings. The second kappa shape index (κ2) is 10.6. The standard InChI is InChI=1S/C22H25Cl2N3O7S/c1-12(2)14-8-13(32-5)9-16-17(14)21(28)27(35(16,30)31)11-34-22(29)18-15(23)10-25-20(19(18)24)33-7-6-26(3)4/h8-10,12H,6-7,11H2,1-5H3. The maximum Gasteiger partial charge on any atom is 0.343 e. The highest BCUT2D eigenvalue weighted by Gasteiger charge is 2.44. The van der Waals surface area contributed by atoms with Gasteiger partial charge in [-0.05, 0) is 31.6 Å². The molecule has 1 amide bonds. The van der Waals surface area contributed by atoms with Gasteiger partial charge in [-0.2, -0.15) is 4.31 Å². The molecule has 3 rings (SSSR count). The van der Waals surface area contributed by atoms with E-state index in [1.54, 1.807) is 6.07 Å². The van der Waals surface area contributed by atoms with Crippen LogP contribution in [0.1, 0.15) is 46.0 Å². The Morgan fingerprint density at radius 3 is 2.51 bits per heavy atom. The Hall–Kier alpha value is -2.60. The second-order valence-electron chi connectivity index (χ2n) is 8.22. The number of esters is 1. The summed E-state index contributed by atoms with van der Waals surface area (Å²) in [4.78, 5) is 31.5. The van der Waals surface area contributed by atoms with Crippen LogP contribution < -0.4 is 9.47 Å². The predicted octanol–water partition coefficient (Wildman–Crippen LogP) is 3.42. The van der Waals surface area contributed by atoms with Gasteiger partial charge >= 0.3 is 5.97 Å². The zero-order chi connectivity index (χ0) is 26.1. The molecular weight excluding hydrogens is 521 g/mol. The molecule has 13 heteroatoms. The first kappa shape index (κ1) is 27.0. The molecule has 1 aliphatic rings. The van der Waals surface area contributed by atoms with Gasteiger partial charge in [-0.3, -0.25) is 4.79 Å². The highest BCUT2D eigenvalue weighted by atomic mass is 35.5. The summed E-state index contributed by atoms with van der Waals surface area (Å²) in [6.07, 6.45) is 1.17. The predicted molar refractivity (Wildman–Crippen MR) is 129 cm³/mol. The molecule has 1 aliphatic heterocycles. The van der Waals surface area contributed by atoms with Crippen LogP contribution in [0.25, 0.3) is 0 Å². The number of nitrogens with zero attached hydrogens (tertiary/aromatic N) is 3. The third-order valence-corrected chi connectivity index (χ3v) is 7.57. The lowest BCUT2D eigenvalue weighted by Gasteiger charge is -2.17. The normalized spacial score (nSPS) is 14.4. The van der Waals surface area contributed by atoms with Crippen LogP contribution in [-0.2, 0) is 14.8 Å². The smallest absolute Gasteiger partial charge is 0.343 e. The lowest BCUT2D eigenvalue weighted by Crippen LogP contribution is -2.33. The van der Waals surface area contributed by atoms with Gasteiger partial charge in [0.1, 0.15) is 27.8 Å². The van der Waals surface area contributed by atoms with Gasteiger partial charge in [-0.15, -0.1) is 0 Å². The fraction of sp³-hybridized carbons (Fsp3) is 0.409. The van der Waals surface area contributed by atoms with Gasteiger partial charge in [-0.25, -0.2) is 18.2 Å². The summed E-state index contributed by atoms with van der Waals surface area (Å²) in [7, 11) is 0.819. The lowest BCUT2D eigenvalue weighted by atomic mass is 9.96. The number of hydrogen-bond donors (Lipinski definition) is 0. The first-order chi connectivity index (χ1) is 16.4. The minimum atomic E-state index is -4.29. The van der Waals surface area contributed by atoms with Crippen molar-refractivity contribution in [2.75, 3.05) is 41.1 Å². The quantitative estimate of drug-likeness (QED) is 0.437. The zero-order valence-electron chi connectivity index (χ0n) is 19.8. The van der Waals surface area contributed by atoms with E-state index in [1.807, 2.05) is 32.8 Å². The van der Waals surface area contributed by atoms with Crippen molar-refractivity contribution in [3.8, 4) is 11.6 Å². The fourth-order valence-electron chi connectivity index (χ4n) is 3.35. The Balaban J connectivity index is 1.86. The van der Waals surface area contributed by atoms with Gasteiger partial charge < -0.3 is 19.1 Å². The minimum absolute atomic E-state index is 0.0217. The third-order valence-electron chi connectivity index (χ3n) is 5.21. The van der Waals surface area contributed by atoms with Crippen LogP contribution in [0.3, 0.4) is 0 Å². The van der Waals surface area contributed by atoms with Crippen molar-refractivity contribution in [2.24, 2.45) is 0 Å². The number of carbonyl (C=O) groups is 2. The summed E-state index contributed by atoms with van der Waals surface area (Å²) in [5.41, 5.74) is 0.268. The molecule has 0 spiro atoms. The SMILES string of the molecule is COc1cc(C(C)C)c2c(c1)S(=O)(=O)N(COC(=O)c1c(Cl)cnc(OCCN(C)C)c1Cl)C2=O. The van der Waals surface area contributed by atoms with Crippen molar-refractivity contribution in [3.05, 3.63) is 45.1 Å². The number of carbonyl (C=O) groups excluding carboxylic acids is 2. The van der Waals surface area contributed by atoms with Crippen molar-refractivity contribution in [1.29, 1.82) is 0 Å². The Morgan fingerprint density at radius 1 is 1.23 bits per heavy atom. The van der Waals surface area contributed by atoms with Crippen molar-refractivity contribution >= 4 is 45.1 Å². The molecule has 0 saturated heterocycles. The van der Waals surface area contributed by atoms with Crippen LogP contribution in [0.5, 0.6) is 11.6 Å². The van der Waals surface area contributed by atoms with Crippen LogP contribution in [0.2, 0.25) is 10.0 Å². The zero-order valence-corrected chi connectivity index (χ0v) is 22.1. The third kappa shape index (κ3) is 5.32. The molecule has 2 aromatic rings. The van der Waals surface area contributed by atoms with Crippen LogP contribution in [0, 0.1) is 0 Å². The van der Waals surface area contributed by atoms with E-state index in [9.17, 15) is 18.0 Å². The Labute approximate surface area is 213 Å². The van der Waals surface area contributed by atoms with E-state index < -0.39 is 28.6 Å². The first-order valence-electron chi connectivity index (χ1n) is 10.5. The molecule has 0 aliphatic carbocycles. The van der Waals surface area contributed by atoms with Gasteiger partial charge in [-0.1, -0.05) is 37.0 Å². The molecule has 1 aromatic heterocycles. The van der Waals surface area contributed by atoms with E-state index in [0.717, 1.165) is 0 Å². The number of pyridine rings is 1. The van der Waals surface area contributed by atoms with Crippen molar-refractivity contribution < 1.29 is 32.2 Å². The number of methoxy groups -OCH3 is 1. The molecule has 0 bridgehead atoms. The number of aromatic nitrogens is 1. The van der Waals surface area contributed by atoms with E-state index >= 15 is 0 Å². The molecule has 35 heavy (non-hydrogen) atoms. The largest absolute Gasteiger partial charge is 0.497 e. The monoisotopic (exact) mass is 545 g/mol. The average molecular weight is 546 g/mol. The Bertz CT molecular complexity index is 1270. The van der Waals surface area contributed by atoms with Crippen LogP contribution in [0.15, 0.2) is 23.2 Å². The number of benzene rings is 1. The van der Waals surface area contributed by atoms with Crippen LogP contribution in [0.4, 0.5) is 0 Å². The summed E-state index contributed by atoms with van der Waals surface area (Å²) in [6.45, 7) is 3.59. The lowest BCUT2D eigenvalue weighted by molar-refractivity contribution is 0.0357. The molecule has 0 N–H and O–H groups in total. The fourth-order valence-corrected chi connectivity index (χ4v) is 5.36. The maximum absolute atomic E-state index is 13.1. The number of sulfonamides is 1. The minimum Gasteiger partial charge on any atom is -0.497 e. The highest BCUT2D eigenvalue weighted by molar-refractivity contribution is 7.90. The van der Waals surface area contributed by atoms with E-state index in [4.69, 9.17) is 37.4 Å². The topological polar surface area (TPSA) is 115 Å². The molecule has 1 aromatic carbocycles. The Kier molecular flexibility index (Phi) is 8.15. The summed E-state index contributed by atoms with van der Waals surface area (Å²) in [6, 6.07) is 2.88. The molecule has 0 saturated carbocycles. The number of amides is 1. The van der Waals surface area contributed by atoms with Gasteiger partial charge in [0.05, 0.1) is 23.9 Å². The maximum atomic E-state index is 13.1. The Morgan fingerprint density at radius 2 is 1.91 bits per heavy atom. The molecule has 0 radical (unpaired) electrons. The number of ether oxygens (including phenoxy) is 3. The number of likely N-dealkylation sites (N-methyl/N-ethyl adjacent to an activating group) is 1. The summed E-state index contributed by atoms with van der Waals surface area (Å²) in [5.74, 6) is -1.75. The molecule has 0 atom stereocenters. The number of fused-ring (bicyclic) bond motifs is 1. The van der Waals surface area contributed by atoms with E-state index in [-0.39, 0.29) is 44.5 Å². The van der Waals surface area contributed by atoms with E-state index in [1.165, 1.54) is 19.4 Å². The van der Waals surface area contributed by atoms with E-state index in [2.05, 4.69) is 4.98 Å². The molecule has 0 unspecified atom stereocenters.